The van der Waals surface area contributed by atoms with Crippen LogP contribution in [0.3, 0.4) is 0 Å². The van der Waals surface area contributed by atoms with Crippen LogP contribution >= 0.6 is 0 Å². The highest BCUT2D eigenvalue weighted by Gasteiger charge is 2.21. The van der Waals surface area contributed by atoms with Gasteiger partial charge < -0.3 is 14.0 Å². The fraction of sp³-hybridized carbons (Fsp3) is 0.435. The minimum absolute atomic E-state index is 0.358. The number of benzene rings is 1. The van der Waals surface area contributed by atoms with E-state index in [4.69, 9.17) is 14.5 Å². The topological polar surface area (TPSA) is 87.9 Å². The highest BCUT2D eigenvalue weighted by Crippen LogP contribution is 2.28. The maximum Gasteiger partial charge on any atom is 0.332 e. The Labute approximate surface area is 190 Å². The Balaban J connectivity index is 1.64. The molecule has 0 aliphatic carbocycles. The molecule has 10 heteroatoms. The lowest BCUT2D eigenvalue weighted by molar-refractivity contribution is 0.0370. The Morgan fingerprint density at radius 1 is 1.09 bits per heavy atom. The highest BCUT2D eigenvalue weighted by molar-refractivity contribution is 5.78. The van der Waals surface area contributed by atoms with Crippen LogP contribution in [0.1, 0.15) is 6.42 Å². The Bertz CT molecular complexity index is 1440. The lowest BCUT2D eigenvalue weighted by Gasteiger charge is -2.26. The molecule has 174 valence electrons. The summed E-state index contributed by atoms with van der Waals surface area (Å²) in [6.07, 6.45) is 2.85. The zero-order valence-corrected chi connectivity index (χ0v) is 19.2. The minimum atomic E-state index is -0.389. The molecule has 5 rings (SSSR count). The number of hydrogen-bond acceptors (Lipinski definition) is 6. The van der Waals surface area contributed by atoms with E-state index >= 15 is 0 Å². The number of ether oxygens (including phenoxy) is 2. The first-order valence-electron chi connectivity index (χ1n) is 11.1. The van der Waals surface area contributed by atoms with E-state index in [1.165, 1.54) is 11.6 Å². The van der Waals surface area contributed by atoms with Gasteiger partial charge in [-0.05, 0) is 18.6 Å². The van der Waals surface area contributed by atoms with E-state index < -0.39 is 0 Å². The molecule has 1 aliphatic heterocycles. The molecule has 1 saturated heterocycles. The summed E-state index contributed by atoms with van der Waals surface area (Å²) in [5, 5.41) is 0. The van der Waals surface area contributed by atoms with Gasteiger partial charge in [-0.25, -0.2) is 4.79 Å². The number of morpholine rings is 1. The summed E-state index contributed by atoms with van der Waals surface area (Å²) in [5.74, 6) is 1.40. The summed E-state index contributed by atoms with van der Waals surface area (Å²) in [4.78, 5) is 32.6. The Morgan fingerprint density at radius 2 is 1.88 bits per heavy atom. The van der Waals surface area contributed by atoms with Crippen molar-refractivity contribution in [1.82, 2.24) is 28.0 Å². The van der Waals surface area contributed by atoms with Crippen LogP contribution in [0.2, 0.25) is 0 Å². The fourth-order valence-corrected chi connectivity index (χ4v) is 4.53. The van der Waals surface area contributed by atoms with Crippen molar-refractivity contribution in [3.8, 4) is 17.0 Å². The molecule has 10 nitrogen and oxygen atoms in total. The zero-order valence-electron chi connectivity index (χ0n) is 19.2. The van der Waals surface area contributed by atoms with Crippen molar-refractivity contribution >= 4 is 16.9 Å². The van der Waals surface area contributed by atoms with Crippen LogP contribution < -0.4 is 16.0 Å². The second-order valence-corrected chi connectivity index (χ2v) is 8.37. The van der Waals surface area contributed by atoms with Gasteiger partial charge in [-0.2, -0.15) is 4.98 Å². The van der Waals surface area contributed by atoms with Crippen LogP contribution in [0.25, 0.3) is 28.2 Å². The monoisotopic (exact) mass is 452 g/mol. The van der Waals surface area contributed by atoms with Crippen molar-refractivity contribution in [3.05, 3.63) is 51.3 Å². The molecule has 0 N–H and O–H groups in total. The molecule has 0 spiro atoms. The molecule has 1 aromatic carbocycles. The van der Waals surface area contributed by atoms with E-state index in [1.807, 2.05) is 30.5 Å². The molecule has 0 saturated carbocycles. The summed E-state index contributed by atoms with van der Waals surface area (Å²) in [7, 11) is 4.78. The average Bonchev–Trinajstić information content (AvgIpc) is 3.39. The normalized spacial score (nSPS) is 15.0. The summed E-state index contributed by atoms with van der Waals surface area (Å²) in [6, 6.07) is 7.85. The number of nitrogens with zero attached hydrogens (tertiary/aromatic N) is 6. The lowest BCUT2D eigenvalue weighted by Crippen LogP contribution is -2.37. The fourth-order valence-electron chi connectivity index (χ4n) is 4.53. The molecule has 4 heterocycles. The van der Waals surface area contributed by atoms with Gasteiger partial charge in [-0.15, -0.1) is 0 Å². The van der Waals surface area contributed by atoms with Gasteiger partial charge >= 0.3 is 5.69 Å². The van der Waals surface area contributed by atoms with E-state index in [0.29, 0.717) is 16.9 Å². The van der Waals surface area contributed by atoms with Crippen molar-refractivity contribution in [1.29, 1.82) is 0 Å². The van der Waals surface area contributed by atoms with Crippen molar-refractivity contribution in [2.45, 2.75) is 13.0 Å². The van der Waals surface area contributed by atoms with E-state index in [-0.39, 0.29) is 11.2 Å². The first kappa shape index (κ1) is 21.5. The van der Waals surface area contributed by atoms with Crippen LogP contribution in [0, 0.1) is 0 Å². The van der Waals surface area contributed by atoms with E-state index in [9.17, 15) is 9.59 Å². The second-order valence-electron chi connectivity index (χ2n) is 8.37. The predicted molar refractivity (Wildman–Crippen MR) is 125 cm³/mol. The quantitative estimate of drug-likeness (QED) is 0.435. The number of aromatic nitrogens is 5. The predicted octanol–water partition coefficient (Wildman–Crippen LogP) is 1.08. The van der Waals surface area contributed by atoms with Crippen LogP contribution in [0.15, 0.2) is 40.1 Å². The van der Waals surface area contributed by atoms with Crippen molar-refractivity contribution < 1.29 is 9.47 Å². The van der Waals surface area contributed by atoms with Crippen LogP contribution in [-0.2, 0) is 25.4 Å². The third-order valence-electron chi connectivity index (χ3n) is 6.38. The van der Waals surface area contributed by atoms with Gasteiger partial charge in [0, 0.05) is 52.0 Å². The molecule has 0 amide bonds. The Morgan fingerprint density at radius 3 is 2.64 bits per heavy atom. The van der Waals surface area contributed by atoms with Crippen molar-refractivity contribution in [3.63, 3.8) is 0 Å². The summed E-state index contributed by atoms with van der Waals surface area (Å²) in [6.45, 7) is 5.09. The lowest BCUT2D eigenvalue weighted by atomic mass is 10.1. The summed E-state index contributed by atoms with van der Waals surface area (Å²) < 4.78 is 17.4. The molecular weight excluding hydrogens is 424 g/mol. The molecule has 0 radical (unpaired) electrons. The number of rotatable bonds is 6. The second kappa shape index (κ2) is 8.53. The summed E-state index contributed by atoms with van der Waals surface area (Å²) >= 11 is 0. The van der Waals surface area contributed by atoms with Gasteiger partial charge in [0.05, 0.1) is 26.0 Å². The molecule has 33 heavy (non-hydrogen) atoms. The molecule has 4 aromatic rings. The van der Waals surface area contributed by atoms with Crippen molar-refractivity contribution in [2.24, 2.45) is 14.1 Å². The third-order valence-corrected chi connectivity index (χ3v) is 6.38. The molecule has 0 unspecified atom stereocenters. The molecular formula is C23H28N6O4. The third kappa shape index (κ3) is 3.65. The summed E-state index contributed by atoms with van der Waals surface area (Å²) in [5.41, 5.74) is 1.95. The van der Waals surface area contributed by atoms with E-state index in [2.05, 4.69) is 9.47 Å². The number of methoxy groups -OCH3 is 1. The van der Waals surface area contributed by atoms with Crippen LogP contribution in [0.5, 0.6) is 5.75 Å². The highest BCUT2D eigenvalue weighted by atomic mass is 16.5. The maximum absolute atomic E-state index is 13.0. The van der Waals surface area contributed by atoms with Gasteiger partial charge in [-0.3, -0.25) is 23.2 Å². The molecule has 3 aromatic heterocycles. The first-order valence-corrected chi connectivity index (χ1v) is 11.1. The number of aryl methyl sites for hydroxylation is 2. The Kier molecular flexibility index (Phi) is 5.55. The maximum atomic E-state index is 13.0. The van der Waals surface area contributed by atoms with Gasteiger partial charge in [0.1, 0.15) is 5.75 Å². The standard InChI is InChI=1S/C23H28N6O4/c1-25-20-19(21(30)26(2)23(25)31)29-15-18(16-6-4-7-17(14-16)32-3)28(22(29)24-20)9-5-8-27-10-12-33-13-11-27/h4,6-7,14-15H,5,8-13H2,1-3H3. The largest absolute Gasteiger partial charge is 0.497 e. The van der Waals surface area contributed by atoms with E-state index in [0.717, 1.165) is 67.4 Å². The van der Waals surface area contributed by atoms with Crippen LogP contribution in [0.4, 0.5) is 0 Å². The zero-order chi connectivity index (χ0) is 23.1. The van der Waals surface area contributed by atoms with E-state index in [1.54, 1.807) is 18.6 Å². The Hall–Kier alpha value is -3.37. The van der Waals surface area contributed by atoms with Gasteiger partial charge in [0.15, 0.2) is 11.2 Å². The number of imidazole rings is 2. The molecule has 0 atom stereocenters. The average molecular weight is 453 g/mol. The number of fused-ring (bicyclic) bond motifs is 3. The molecule has 0 bridgehead atoms. The molecule has 1 aliphatic rings. The molecule has 1 fully saturated rings. The smallest absolute Gasteiger partial charge is 0.332 e. The first-order chi connectivity index (χ1) is 16.0. The van der Waals surface area contributed by atoms with Gasteiger partial charge in [-0.1, -0.05) is 12.1 Å². The van der Waals surface area contributed by atoms with Crippen LogP contribution in [-0.4, -0.2) is 67.9 Å². The van der Waals surface area contributed by atoms with Gasteiger partial charge in [0.25, 0.3) is 5.56 Å². The van der Waals surface area contributed by atoms with Crippen molar-refractivity contribution in [2.75, 3.05) is 40.0 Å². The minimum Gasteiger partial charge on any atom is -0.497 e. The number of hydrogen-bond donors (Lipinski definition) is 0. The SMILES string of the molecule is COc1cccc(-c2cn3c4c(=O)n(C)c(=O)n(C)c4nc3n2CCCN2CCOCC2)c1. The van der Waals surface area contributed by atoms with Gasteiger partial charge in [0.2, 0.25) is 5.78 Å².